The molecule has 0 bridgehead atoms. The molecule has 1 aliphatic heterocycles. The lowest BCUT2D eigenvalue weighted by atomic mass is 10.2. The molecule has 2 heterocycles. The summed E-state index contributed by atoms with van der Waals surface area (Å²) < 4.78 is 23.0. The minimum atomic E-state index is -1.46. The van der Waals surface area contributed by atoms with Crippen LogP contribution in [0.1, 0.15) is 39.0 Å². The quantitative estimate of drug-likeness (QED) is 0.112. The van der Waals surface area contributed by atoms with Crippen LogP contribution in [0, 0.1) is 10.1 Å². The van der Waals surface area contributed by atoms with Gasteiger partial charge in [-0.15, -0.1) is 0 Å². The molecule has 3 rings (SSSR count). The van der Waals surface area contributed by atoms with Crippen LogP contribution in [0.2, 0.25) is 19.6 Å². The van der Waals surface area contributed by atoms with E-state index in [4.69, 9.17) is 23.9 Å². The molecule has 1 amide bonds. The molecule has 1 unspecified atom stereocenters. The van der Waals surface area contributed by atoms with Gasteiger partial charge in [-0.05, 0) is 39.3 Å². The summed E-state index contributed by atoms with van der Waals surface area (Å²) in [5.41, 5.74) is 1.39. The second-order valence-corrected chi connectivity index (χ2v) is 17.5. The highest BCUT2D eigenvalue weighted by atomic mass is 28.3. The van der Waals surface area contributed by atoms with Crippen LogP contribution in [-0.4, -0.2) is 68.5 Å². The molecule has 1 saturated heterocycles. The molecule has 11 nitrogen and oxygen atoms in total. The lowest BCUT2D eigenvalue weighted by molar-refractivity contribution is -0.384. The van der Waals surface area contributed by atoms with Crippen LogP contribution in [0.3, 0.4) is 0 Å². The fourth-order valence-electron chi connectivity index (χ4n) is 3.83. The monoisotopic (exact) mass is 574 g/mol. The highest BCUT2D eigenvalue weighted by molar-refractivity contribution is 6.77. The third-order valence-electron chi connectivity index (χ3n) is 6.45. The van der Waals surface area contributed by atoms with Crippen molar-refractivity contribution in [1.82, 2.24) is 4.98 Å². The summed E-state index contributed by atoms with van der Waals surface area (Å²) in [4.78, 5) is 32.7. The second-order valence-electron chi connectivity index (χ2n) is 11.9. The van der Waals surface area contributed by atoms with Gasteiger partial charge in [-0.2, -0.15) is 0 Å². The van der Waals surface area contributed by atoms with E-state index in [0.717, 1.165) is 5.69 Å². The summed E-state index contributed by atoms with van der Waals surface area (Å²) in [5.74, 6) is 0.361. The number of nitrogens with zero attached hydrogens (tertiary/aromatic N) is 4. The van der Waals surface area contributed by atoms with Crippen LogP contribution in [0.25, 0.3) is 0 Å². The van der Waals surface area contributed by atoms with Crippen molar-refractivity contribution in [2.45, 2.75) is 71.8 Å². The predicted molar refractivity (Wildman–Crippen MR) is 156 cm³/mol. The van der Waals surface area contributed by atoms with Crippen molar-refractivity contribution in [3.05, 3.63) is 57.8 Å². The largest absolute Gasteiger partial charge is 0.443 e. The van der Waals surface area contributed by atoms with Gasteiger partial charge in [-0.25, -0.2) is 9.78 Å². The van der Waals surface area contributed by atoms with Gasteiger partial charge in [-0.3, -0.25) is 15.0 Å². The summed E-state index contributed by atoms with van der Waals surface area (Å²) in [6, 6.07) is 9.97. The van der Waals surface area contributed by atoms with E-state index in [-0.39, 0.29) is 31.4 Å². The maximum absolute atomic E-state index is 13.5. The van der Waals surface area contributed by atoms with Crippen LogP contribution < -0.4 is 9.80 Å². The average Bonchev–Trinajstić information content (AvgIpc) is 2.88. The number of benzene rings is 1. The molecule has 2 aromatic rings. The van der Waals surface area contributed by atoms with Crippen LogP contribution in [-0.2, 0) is 32.1 Å². The Balaban J connectivity index is 1.94. The third kappa shape index (κ3) is 9.54. The van der Waals surface area contributed by atoms with Crippen molar-refractivity contribution >= 4 is 31.4 Å². The summed E-state index contributed by atoms with van der Waals surface area (Å²) in [6.07, 6.45) is -0.607. The predicted octanol–water partition coefficient (Wildman–Crippen LogP) is 5.52. The molecule has 1 fully saturated rings. The van der Waals surface area contributed by atoms with E-state index in [1.54, 1.807) is 32.9 Å². The van der Waals surface area contributed by atoms with Crippen molar-refractivity contribution in [2.24, 2.45) is 0 Å². The number of pyridine rings is 1. The molecule has 0 radical (unpaired) electrons. The van der Waals surface area contributed by atoms with E-state index in [1.807, 2.05) is 12.1 Å². The zero-order valence-electron chi connectivity index (χ0n) is 24.6. The second kappa shape index (κ2) is 13.5. The number of hydrogen-bond acceptors (Lipinski definition) is 9. The van der Waals surface area contributed by atoms with Crippen LogP contribution >= 0.6 is 0 Å². The molecule has 0 aliphatic carbocycles. The minimum absolute atomic E-state index is 0.0350. The SMILES string of the molecule is CC(OCOCc1cc(N2CCOCC2)cc(N(Cc2cccc([N+](=O)[O-])c2)C(=O)OC(C)(C)C)n1)[Si](C)(C)C. The van der Waals surface area contributed by atoms with E-state index in [2.05, 4.69) is 31.5 Å². The van der Waals surface area contributed by atoms with E-state index < -0.39 is 24.7 Å². The van der Waals surface area contributed by atoms with E-state index in [1.165, 1.54) is 17.0 Å². The Kier molecular flexibility index (Phi) is 10.6. The molecule has 0 N–H and O–H groups in total. The van der Waals surface area contributed by atoms with Gasteiger partial charge < -0.3 is 23.8 Å². The summed E-state index contributed by atoms with van der Waals surface area (Å²) in [7, 11) is -1.46. The number of ether oxygens (including phenoxy) is 4. The van der Waals surface area contributed by atoms with Crippen LogP contribution in [0.4, 0.5) is 22.0 Å². The molecule has 1 aromatic heterocycles. The number of anilines is 2. The molecule has 0 spiro atoms. The highest BCUT2D eigenvalue weighted by Crippen LogP contribution is 2.27. The molecule has 1 atom stereocenters. The summed E-state index contributed by atoms with van der Waals surface area (Å²) in [5, 5.41) is 11.4. The van der Waals surface area contributed by atoms with Gasteiger partial charge in [0.15, 0.2) is 0 Å². The summed E-state index contributed by atoms with van der Waals surface area (Å²) in [6.45, 7) is 17.1. The normalized spacial score (nSPS) is 15.0. The summed E-state index contributed by atoms with van der Waals surface area (Å²) >= 11 is 0. The first kappa shape index (κ1) is 31.5. The topological polar surface area (TPSA) is 116 Å². The Morgan fingerprint density at radius 1 is 1.20 bits per heavy atom. The van der Waals surface area contributed by atoms with Crippen LogP contribution in [0.15, 0.2) is 36.4 Å². The fraction of sp³-hybridized carbons (Fsp3) is 0.571. The molecule has 40 heavy (non-hydrogen) atoms. The van der Waals surface area contributed by atoms with Crippen LogP contribution in [0.5, 0.6) is 0 Å². The number of non-ortho nitro benzene ring substituents is 1. The van der Waals surface area contributed by atoms with Crippen molar-refractivity contribution in [2.75, 3.05) is 42.9 Å². The number of amides is 1. The zero-order chi connectivity index (χ0) is 29.5. The number of rotatable bonds is 11. The lowest BCUT2D eigenvalue weighted by Gasteiger charge is -2.31. The minimum Gasteiger partial charge on any atom is -0.443 e. The Labute approximate surface area is 237 Å². The first-order chi connectivity index (χ1) is 18.7. The molecule has 1 aromatic carbocycles. The standard InChI is InChI=1S/C28H42N4O7Si/c1-21(40(5,6)7)38-20-37-19-23-16-25(30-11-13-36-14-12-30)17-26(29-23)31(27(33)39-28(2,3)4)18-22-9-8-10-24(15-22)32(34)35/h8-10,15-17,21H,11-14,18-20H2,1-7H3. The first-order valence-electron chi connectivity index (χ1n) is 13.5. The Morgan fingerprint density at radius 2 is 1.90 bits per heavy atom. The fourth-order valence-corrected chi connectivity index (χ4v) is 4.39. The molecular weight excluding hydrogens is 532 g/mol. The Morgan fingerprint density at radius 3 is 2.52 bits per heavy atom. The van der Waals surface area contributed by atoms with Crippen molar-refractivity contribution < 1.29 is 28.7 Å². The average molecular weight is 575 g/mol. The van der Waals surface area contributed by atoms with Gasteiger partial charge >= 0.3 is 6.09 Å². The van der Waals surface area contributed by atoms with Crippen molar-refractivity contribution in [3.8, 4) is 0 Å². The van der Waals surface area contributed by atoms with Gasteiger partial charge in [0, 0.05) is 42.7 Å². The number of hydrogen-bond donors (Lipinski definition) is 0. The highest BCUT2D eigenvalue weighted by Gasteiger charge is 2.27. The number of carbonyl (C=O) groups is 1. The Bertz CT molecular complexity index is 1160. The number of nitro benzene ring substituents is 1. The lowest BCUT2D eigenvalue weighted by Crippen LogP contribution is -2.38. The Hall–Kier alpha value is -3.06. The maximum atomic E-state index is 13.5. The van der Waals surface area contributed by atoms with E-state index in [9.17, 15) is 14.9 Å². The van der Waals surface area contributed by atoms with Crippen molar-refractivity contribution in [3.63, 3.8) is 0 Å². The van der Waals surface area contributed by atoms with Crippen molar-refractivity contribution in [1.29, 1.82) is 0 Å². The maximum Gasteiger partial charge on any atom is 0.416 e. The van der Waals surface area contributed by atoms with Gasteiger partial charge in [0.1, 0.15) is 18.2 Å². The van der Waals surface area contributed by atoms with E-state index >= 15 is 0 Å². The zero-order valence-corrected chi connectivity index (χ0v) is 25.6. The molecule has 1 aliphatic rings. The molecule has 12 heteroatoms. The van der Waals surface area contributed by atoms with Gasteiger partial charge in [0.05, 0.1) is 45.1 Å². The molecule has 220 valence electrons. The number of nitro groups is 1. The molecular formula is C28H42N4O7Si. The smallest absolute Gasteiger partial charge is 0.416 e. The molecule has 0 saturated carbocycles. The third-order valence-corrected chi connectivity index (χ3v) is 9.06. The van der Waals surface area contributed by atoms with Gasteiger partial charge in [0.2, 0.25) is 0 Å². The number of morpholine rings is 1. The van der Waals surface area contributed by atoms with E-state index in [0.29, 0.717) is 43.4 Å². The van der Waals surface area contributed by atoms with Gasteiger partial charge in [-0.1, -0.05) is 31.8 Å². The number of aromatic nitrogens is 1. The first-order valence-corrected chi connectivity index (χ1v) is 17.1. The van der Waals surface area contributed by atoms with Gasteiger partial charge in [0.25, 0.3) is 5.69 Å². The number of carbonyl (C=O) groups excluding carboxylic acids is 1.